The smallest absolute Gasteiger partial charge is 0.321 e. The fourth-order valence-corrected chi connectivity index (χ4v) is 3.67. The number of carbonyl (C=O) groups is 1. The molecule has 150 valence electrons. The lowest BCUT2D eigenvalue weighted by Gasteiger charge is -2.35. The normalized spacial score (nSPS) is 14.9. The topological polar surface area (TPSA) is 44.8 Å². The highest BCUT2D eigenvalue weighted by atomic mass is 16.5. The van der Waals surface area contributed by atoms with Crippen molar-refractivity contribution in [1.29, 1.82) is 0 Å². The van der Waals surface area contributed by atoms with Gasteiger partial charge in [-0.05, 0) is 35.6 Å². The van der Waals surface area contributed by atoms with Crippen LogP contribution in [0.15, 0.2) is 48.5 Å². The third-order valence-corrected chi connectivity index (χ3v) is 5.37. The second-order valence-electron chi connectivity index (χ2n) is 7.56. The summed E-state index contributed by atoms with van der Waals surface area (Å²) in [5, 5.41) is 3.10. The van der Waals surface area contributed by atoms with E-state index in [0.29, 0.717) is 5.92 Å². The lowest BCUT2D eigenvalue weighted by molar-refractivity contribution is 0.148. The number of nitrogens with zero attached hydrogens (tertiary/aromatic N) is 2. The van der Waals surface area contributed by atoms with Gasteiger partial charge in [0.25, 0.3) is 0 Å². The first-order chi connectivity index (χ1) is 13.6. The molecule has 1 N–H and O–H groups in total. The minimum atomic E-state index is -0.00233. The van der Waals surface area contributed by atoms with Gasteiger partial charge in [0.2, 0.25) is 0 Å². The summed E-state index contributed by atoms with van der Waals surface area (Å²) in [6, 6.07) is 16.2. The van der Waals surface area contributed by atoms with E-state index in [-0.39, 0.29) is 6.03 Å². The van der Waals surface area contributed by atoms with Crippen molar-refractivity contribution >= 4 is 11.7 Å². The van der Waals surface area contributed by atoms with Gasteiger partial charge in [-0.3, -0.25) is 4.90 Å². The molecule has 0 atom stereocenters. The number of piperazine rings is 1. The molecule has 0 aliphatic carbocycles. The van der Waals surface area contributed by atoms with Crippen molar-refractivity contribution in [3.05, 3.63) is 59.7 Å². The molecule has 1 saturated heterocycles. The maximum Gasteiger partial charge on any atom is 0.321 e. The van der Waals surface area contributed by atoms with Crippen molar-refractivity contribution in [3.8, 4) is 5.75 Å². The van der Waals surface area contributed by atoms with Crippen LogP contribution in [0.2, 0.25) is 0 Å². The Balaban J connectivity index is 1.49. The summed E-state index contributed by atoms with van der Waals surface area (Å²) in [6.45, 7) is 8.56. The lowest BCUT2D eigenvalue weighted by atomic mass is 10.0. The highest BCUT2D eigenvalue weighted by molar-refractivity contribution is 5.90. The number of hydrogen-bond donors (Lipinski definition) is 1. The van der Waals surface area contributed by atoms with Gasteiger partial charge in [0.1, 0.15) is 5.75 Å². The minimum absolute atomic E-state index is 0.00233. The van der Waals surface area contributed by atoms with Gasteiger partial charge in [0.15, 0.2) is 0 Å². The molecule has 1 heterocycles. The standard InChI is InChI=1S/C23H31N3O2/c1-18(2)20-9-5-6-10-21(20)24-23(27)26-16-14-25(15-17-26)13-12-19-8-4-7-11-22(19)28-3/h4-11,18H,12-17H2,1-3H3,(H,24,27). The molecule has 2 aromatic carbocycles. The van der Waals surface area contributed by atoms with Crippen LogP contribution in [0.1, 0.15) is 30.9 Å². The Morgan fingerprint density at radius 1 is 1.04 bits per heavy atom. The number of benzene rings is 2. The zero-order chi connectivity index (χ0) is 19.9. The number of carbonyl (C=O) groups excluding carboxylic acids is 1. The number of para-hydroxylation sites is 2. The average molecular weight is 382 g/mol. The predicted octanol–water partition coefficient (Wildman–Crippen LogP) is 4.21. The molecule has 2 aromatic rings. The first-order valence-electron chi connectivity index (χ1n) is 10.1. The minimum Gasteiger partial charge on any atom is -0.496 e. The molecule has 3 rings (SSSR count). The molecule has 1 aliphatic rings. The van der Waals surface area contributed by atoms with Gasteiger partial charge in [-0.25, -0.2) is 4.79 Å². The molecule has 0 radical (unpaired) electrons. The molecule has 5 nitrogen and oxygen atoms in total. The zero-order valence-electron chi connectivity index (χ0n) is 17.1. The Bertz CT molecular complexity index is 783. The summed E-state index contributed by atoms with van der Waals surface area (Å²) >= 11 is 0. The first-order valence-corrected chi connectivity index (χ1v) is 10.1. The second-order valence-corrected chi connectivity index (χ2v) is 7.56. The van der Waals surface area contributed by atoms with Crippen LogP contribution in [0.4, 0.5) is 10.5 Å². The molecule has 0 spiro atoms. The van der Waals surface area contributed by atoms with Crippen molar-refractivity contribution in [2.24, 2.45) is 0 Å². The molecule has 0 aromatic heterocycles. The third-order valence-electron chi connectivity index (χ3n) is 5.37. The van der Waals surface area contributed by atoms with E-state index in [2.05, 4.69) is 42.3 Å². The number of hydrogen-bond acceptors (Lipinski definition) is 3. The Kier molecular flexibility index (Phi) is 6.93. The quantitative estimate of drug-likeness (QED) is 0.815. The van der Waals surface area contributed by atoms with Crippen LogP contribution in [0.25, 0.3) is 0 Å². The fraction of sp³-hybridized carbons (Fsp3) is 0.435. The number of rotatable bonds is 6. The Labute approximate surface area is 168 Å². The van der Waals surface area contributed by atoms with Gasteiger partial charge < -0.3 is 15.0 Å². The molecular formula is C23H31N3O2. The maximum atomic E-state index is 12.7. The van der Waals surface area contributed by atoms with Crippen LogP contribution < -0.4 is 10.1 Å². The molecule has 5 heteroatoms. The summed E-state index contributed by atoms with van der Waals surface area (Å²) in [4.78, 5) is 17.0. The third kappa shape index (κ3) is 5.04. The molecule has 2 amide bonds. The van der Waals surface area contributed by atoms with E-state index in [9.17, 15) is 4.79 Å². The maximum absolute atomic E-state index is 12.7. The highest BCUT2D eigenvalue weighted by Gasteiger charge is 2.22. The van der Waals surface area contributed by atoms with Crippen LogP contribution in [-0.4, -0.2) is 55.7 Å². The number of amides is 2. The summed E-state index contributed by atoms with van der Waals surface area (Å²) in [7, 11) is 1.72. The van der Waals surface area contributed by atoms with E-state index in [1.807, 2.05) is 35.2 Å². The van der Waals surface area contributed by atoms with E-state index < -0.39 is 0 Å². The number of anilines is 1. The Morgan fingerprint density at radius 3 is 2.43 bits per heavy atom. The molecule has 28 heavy (non-hydrogen) atoms. The van der Waals surface area contributed by atoms with Gasteiger partial charge >= 0.3 is 6.03 Å². The van der Waals surface area contributed by atoms with Crippen molar-refractivity contribution in [2.75, 3.05) is 45.2 Å². The van der Waals surface area contributed by atoms with Crippen LogP contribution in [-0.2, 0) is 6.42 Å². The monoisotopic (exact) mass is 381 g/mol. The fourth-order valence-electron chi connectivity index (χ4n) is 3.67. The van der Waals surface area contributed by atoms with Gasteiger partial charge in [-0.15, -0.1) is 0 Å². The SMILES string of the molecule is COc1ccccc1CCN1CCN(C(=O)Nc2ccccc2C(C)C)CC1. The molecule has 1 fully saturated rings. The van der Waals surface area contributed by atoms with Crippen molar-refractivity contribution in [1.82, 2.24) is 9.80 Å². The molecule has 1 aliphatic heterocycles. The van der Waals surface area contributed by atoms with Gasteiger partial charge in [-0.1, -0.05) is 50.2 Å². The Morgan fingerprint density at radius 2 is 1.71 bits per heavy atom. The van der Waals surface area contributed by atoms with E-state index >= 15 is 0 Å². The van der Waals surface area contributed by atoms with Crippen LogP contribution in [0.3, 0.4) is 0 Å². The lowest BCUT2D eigenvalue weighted by Crippen LogP contribution is -2.50. The van der Waals surface area contributed by atoms with Gasteiger partial charge in [0.05, 0.1) is 7.11 Å². The van der Waals surface area contributed by atoms with Crippen molar-refractivity contribution in [2.45, 2.75) is 26.2 Å². The second kappa shape index (κ2) is 9.60. The van der Waals surface area contributed by atoms with Crippen LogP contribution >= 0.6 is 0 Å². The van der Waals surface area contributed by atoms with Crippen LogP contribution in [0.5, 0.6) is 5.75 Å². The van der Waals surface area contributed by atoms with E-state index in [1.165, 1.54) is 11.1 Å². The average Bonchev–Trinajstić information content (AvgIpc) is 2.73. The molecule has 0 saturated carbocycles. The first kappa shape index (κ1) is 20.2. The van der Waals surface area contributed by atoms with Gasteiger partial charge in [-0.2, -0.15) is 0 Å². The van der Waals surface area contributed by atoms with Crippen molar-refractivity contribution in [3.63, 3.8) is 0 Å². The number of urea groups is 1. The molecular weight excluding hydrogens is 350 g/mol. The van der Waals surface area contributed by atoms with E-state index in [1.54, 1.807) is 7.11 Å². The predicted molar refractivity (Wildman–Crippen MR) is 114 cm³/mol. The van der Waals surface area contributed by atoms with E-state index in [4.69, 9.17) is 4.74 Å². The van der Waals surface area contributed by atoms with Crippen molar-refractivity contribution < 1.29 is 9.53 Å². The highest BCUT2D eigenvalue weighted by Crippen LogP contribution is 2.24. The van der Waals surface area contributed by atoms with Gasteiger partial charge in [0, 0.05) is 38.4 Å². The largest absolute Gasteiger partial charge is 0.496 e. The number of ether oxygens (including phenoxy) is 1. The van der Waals surface area contributed by atoms with E-state index in [0.717, 1.165) is 50.6 Å². The van der Waals surface area contributed by atoms with Crippen LogP contribution in [0, 0.1) is 0 Å². The summed E-state index contributed by atoms with van der Waals surface area (Å²) < 4.78 is 5.44. The zero-order valence-corrected chi connectivity index (χ0v) is 17.1. The molecule has 0 bridgehead atoms. The summed E-state index contributed by atoms with van der Waals surface area (Å²) in [6.07, 6.45) is 0.956. The summed E-state index contributed by atoms with van der Waals surface area (Å²) in [5.41, 5.74) is 3.32. The Hall–Kier alpha value is -2.53. The number of nitrogens with one attached hydrogen (secondary N) is 1. The molecule has 0 unspecified atom stereocenters. The summed E-state index contributed by atoms with van der Waals surface area (Å²) in [5.74, 6) is 1.33. The number of methoxy groups -OCH3 is 1.